The van der Waals surface area contributed by atoms with Gasteiger partial charge < -0.3 is 10.5 Å². The Balaban J connectivity index is 2.74. The number of imide groups is 1. The number of benzene rings is 1. The predicted octanol–water partition coefficient (Wildman–Crippen LogP) is 1.22. The number of carbonyl (C=O) groups is 3. The van der Waals surface area contributed by atoms with Crippen LogP contribution in [-0.2, 0) is 9.53 Å². The van der Waals surface area contributed by atoms with Crippen molar-refractivity contribution in [3.63, 3.8) is 0 Å². The third-order valence-corrected chi connectivity index (χ3v) is 2.36. The van der Waals surface area contributed by atoms with Crippen LogP contribution in [0.3, 0.4) is 0 Å². The molecule has 0 aliphatic carbocycles. The molecule has 19 heavy (non-hydrogen) atoms. The molecule has 6 nitrogen and oxygen atoms in total. The zero-order valence-electron chi connectivity index (χ0n) is 9.78. The molecule has 8 heteroatoms. The van der Waals surface area contributed by atoms with E-state index in [1.807, 2.05) is 0 Å². The number of nitrogens with two attached hydrogens (primary N) is 1. The zero-order chi connectivity index (χ0) is 14.6. The van der Waals surface area contributed by atoms with Crippen molar-refractivity contribution in [1.29, 1.82) is 0 Å². The number of carbonyl (C=O) groups excluding carboxylic acids is 3. The minimum absolute atomic E-state index is 0.0956. The quantitative estimate of drug-likeness (QED) is 0.817. The minimum Gasteiger partial charge on any atom is -0.449 e. The van der Waals surface area contributed by atoms with Crippen LogP contribution in [0, 0.1) is 5.82 Å². The Hall–Kier alpha value is -2.15. The van der Waals surface area contributed by atoms with Gasteiger partial charge in [0.2, 0.25) is 0 Å². The fourth-order valence-corrected chi connectivity index (χ4v) is 1.40. The number of primary amides is 1. The average Bonchev–Trinajstić information content (AvgIpc) is 2.27. The molecule has 1 rings (SSSR count). The second-order valence-corrected chi connectivity index (χ2v) is 3.93. The first kappa shape index (κ1) is 14.9. The first-order chi connectivity index (χ1) is 8.81. The van der Waals surface area contributed by atoms with Crippen molar-refractivity contribution in [3.05, 3.63) is 34.6 Å². The van der Waals surface area contributed by atoms with Gasteiger partial charge in [0.15, 0.2) is 6.10 Å². The number of hydrogen-bond donors (Lipinski definition) is 2. The highest BCUT2D eigenvalue weighted by molar-refractivity contribution is 6.33. The molecule has 3 amide bonds. The van der Waals surface area contributed by atoms with Crippen LogP contribution in [0.1, 0.15) is 17.3 Å². The molecule has 0 heterocycles. The molecule has 0 aliphatic heterocycles. The zero-order valence-corrected chi connectivity index (χ0v) is 10.5. The van der Waals surface area contributed by atoms with Gasteiger partial charge in [0.25, 0.3) is 5.91 Å². The Morgan fingerprint density at radius 1 is 1.42 bits per heavy atom. The third-order valence-electron chi connectivity index (χ3n) is 2.05. The summed E-state index contributed by atoms with van der Waals surface area (Å²) in [6.45, 7) is 1.24. The lowest BCUT2D eigenvalue weighted by Crippen LogP contribution is -2.42. The highest BCUT2D eigenvalue weighted by Gasteiger charge is 2.21. The molecule has 1 atom stereocenters. The number of amides is 3. The van der Waals surface area contributed by atoms with Crippen molar-refractivity contribution in [1.82, 2.24) is 5.32 Å². The largest absolute Gasteiger partial charge is 0.449 e. The maximum absolute atomic E-state index is 12.8. The van der Waals surface area contributed by atoms with Crippen LogP contribution < -0.4 is 11.1 Å². The van der Waals surface area contributed by atoms with E-state index in [0.717, 1.165) is 18.2 Å². The second kappa shape index (κ2) is 6.14. The maximum Gasteiger partial charge on any atom is 0.340 e. The Bertz CT molecular complexity index is 535. The van der Waals surface area contributed by atoms with Crippen LogP contribution in [0.5, 0.6) is 0 Å². The molecule has 1 aromatic rings. The Morgan fingerprint density at radius 3 is 2.58 bits per heavy atom. The molecular formula is C11H10ClFN2O4. The SMILES string of the molecule is C[C@H](OC(=O)c1ccc(F)cc1Cl)C(=O)NC(N)=O. The van der Waals surface area contributed by atoms with Crippen molar-refractivity contribution in [2.75, 3.05) is 0 Å². The highest BCUT2D eigenvalue weighted by Crippen LogP contribution is 2.18. The van der Waals surface area contributed by atoms with Gasteiger partial charge in [-0.1, -0.05) is 11.6 Å². The number of urea groups is 1. The van der Waals surface area contributed by atoms with E-state index < -0.39 is 29.8 Å². The Labute approximate surface area is 112 Å². The van der Waals surface area contributed by atoms with E-state index in [2.05, 4.69) is 0 Å². The molecular weight excluding hydrogens is 279 g/mol. The van der Waals surface area contributed by atoms with Crippen LogP contribution in [0.2, 0.25) is 5.02 Å². The first-order valence-electron chi connectivity index (χ1n) is 5.07. The summed E-state index contributed by atoms with van der Waals surface area (Å²) in [6.07, 6.45) is -1.25. The van der Waals surface area contributed by atoms with Crippen molar-refractivity contribution in [2.45, 2.75) is 13.0 Å². The van der Waals surface area contributed by atoms with Crippen molar-refractivity contribution < 1.29 is 23.5 Å². The number of halogens is 2. The van der Waals surface area contributed by atoms with Gasteiger partial charge in [-0.05, 0) is 25.1 Å². The summed E-state index contributed by atoms with van der Waals surface area (Å²) >= 11 is 5.66. The maximum atomic E-state index is 12.8. The smallest absolute Gasteiger partial charge is 0.340 e. The highest BCUT2D eigenvalue weighted by atomic mass is 35.5. The molecule has 0 unspecified atom stereocenters. The van der Waals surface area contributed by atoms with Crippen molar-refractivity contribution in [2.24, 2.45) is 5.73 Å². The van der Waals surface area contributed by atoms with Gasteiger partial charge in [-0.15, -0.1) is 0 Å². The van der Waals surface area contributed by atoms with E-state index >= 15 is 0 Å². The number of ether oxygens (including phenoxy) is 1. The molecule has 3 N–H and O–H groups in total. The summed E-state index contributed by atoms with van der Waals surface area (Å²) in [5.74, 6) is -2.41. The monoisotopic (exact) mass is 288 g/mol. The van der Waals surface area contributed by atoms with Crippen LogP contribution in [0.15, 0.2) is 18.2 Å². The van der Waals surface area contributed by atoms with E-state index in [9.17, 15) is 18.8 Å². The van der Waals surface area contributed by atoms with Gasteiger partial charge in [0.1, 0.15) is 5.82 Å². The minimum atomic E-state index is -1.25. The third kappa shape index (κ3) is 4.22. The van der Waals surface area contributed by atoms with Crippen molar-refractivity contribution >= 4 is 29.5 Å². The van der Waals surface area contributed by atoms with Crippen LogP contribution >= 0.6 is 11.6 Å². The van der Waals surface area contributed by atoms with Crippen LogP contribution in [0.25, 0.3) is 0 Å². The summed E-state index contributed by atoms with van der Waals surface area (Å²) < 4.78 is 17.5. The Kier molecular flexibility index (Phi) is 4.82. The number of nitrogens with one attached hydrogen (secondary N) is 1. The molecule has 0 aliphatic rings. The number of esters is 1. The van der Waals surface area contributed by atoms with Gasteiger partial charge in [-0.25, -0.2) is 14.0 Å². The van der Waals surface area contributed by atoms with Gasteiger partial charge in [-0.2, -0.15) is 0 Å². The molecule has 0 bridgehead atoms. The van der Waals surface area contributed by atoms with Crippen LogP contribution in [-0.4, -0.2) is 24.0 Å². The normalized spacial score (nSPS) is 11.5. The van der Waals surface area contributed by atoms with E-state index in [0.29, 0.717) is 0 Å². The lowest BCUT2D eigenvalue weighted by molar-refractivity contribution is -0.127. The summed E-state index contributed by atoms with van der Waals surface area (Å²) in [7, 11) is 0. The standard InChI is InChI=1S/C11H10ClFN2O4/c1-5(9(16)15-11(14)18)19-10(17)7-3-2-6(13)4-8(7)12/h2-5H,1H3,(H3,14,15,16,18)/t5-/m0/s1. The van der Waals surface area contributed by atoms with Gasteiger partial charge in [0, 0.05) is 0 Å². The number of hydrogen-bond acceptors (Lipinski definition) is 4. The summed E-state index contributed by atoms with van der Waals surface area (Å²) in [4.78, 5) is 33.4. The fraction of sp³-hybridized carbons (Fsp3) is 0.182. The molecule has 0 spiro atoms. The predicted molar refractivity (Wildman–Crippen MR) is 64.0 cm³/mol. The van der Waals surface area contributed by atoms with E-state index in [1.54, 1.807) is 5.32 Å². The summed E-state index contributed by atoms with van der Waals surface area (Å²) in [5.41, 5.74) is 4.64. The summed E-state index contributed by atoms with van der Waals surface area (Å²) in [5, 5.41) is 1.61. The molecule has 0 aromatic heterocycles. The lowest BCUT2D eigenvalue weighted by atomic mass is 10.2. The molecule has 0 saturated heterocycles. The average molecular weight is 289 g/mol. The topological polar surface area (TPSA) is 98.5 Å². The summed E-state index contributed by atoms with van der Waals surface area (Å²) in [6, 6.07) is 2.02. The van der Waals surface area contributed by atoms with E-state index in [4.69, 9.17) is 22.1 Å². The van der Waals surface area contributed by atoms with Gasteiger partial charge in [0.05, 0.1) is 10.6 Å². The molecule has 0 saturated carbocycles. The molecule has 0 radical (unpaired) electrons. The number of rotatable bonds is 3. The van der Waals surface area contributed by atoms with Gasteiger partial charge >= 0.3 is 12.0 Å². The lowest BCUT2D eigenvalue weighted by Gasteiger charge is -2.12. The first-order valence-corrected chi connectivity index (χ1v) is 5.45. The Morgan fingerprint density at radius 2 is 2.05 bits per heavy atom. The fourth-order valence-electron chi connectivity index (χ4n) is 1.16. The van der Waals surface area contributed by atoms with Crippen molar-refractivity contribution in [3.8, 4) is 0 Å². The van der Waals surface area contributed by atoms with E-state index in [-0.39, 0.29) is 10.6 Å². The van der Waals surface area contributed by atoms with Crippen LogP contribution in [0.4, 0.5) is 9.18 Å². The van der Waals surface area contributed by atoms with E-state index in [1.165, 1.54) is 6.92 Å². The molecule has 1 aromatic carbocycles. The second-order valence-electron chi connectivity index (χ2n) is 3.53. The van der Waals surface area contributed by atoms with Gasteiger partial charge in [-0.3, -0.25) is 10.1 Å². The molecule has 0 fully saturated rings. The molecule has 102 valence electrons.